The molecule has 1 aliphatic carbocycles. The molecule has 0 saturated heterocycles. The van der Waals surface area contributed by atoms with Crippen LogP contribution in [-0.2, 0) is 6.42 Å². The van der Waals surface area contributed by atoms with Crippen molar-refractivity contribution in [1.82, 2.24) is 24.9 Å². The number of aromatic nitrogens is 5. The molecular formula is C19H19N7. The van der Waals surface area contributed by atoms with Gasteiger partial charge in [-0.2, -0.15) is 9.97 Å². The number of nitrogens with one attached hydrogen (secondary N) is 3. The minimum Gasteiger partial charge on any atom is -0.365 e. The first-order valence-electron chi connectivity index (χ1n) is 8.92. The van der Waals surface area contributed by atoms with E-state index in [1.165, 1.54) is 18.4 Å². The summed E-state index contributed by atoms with van der Waals surface area (Å²) in [5.74, 6) is 1.34. The van der Waals surface area contributed by atoms with Gasteiger partial charge in [0.25, 0.3) is 0 Å². The molecule has 0 amide bonds. The maximum atomic E-state index is 4.65. The summed E-state index contributed by atoms with van der Waals surface area (Å²) >= 11 is 0. The summed E-state index contributed by atoms with van der Waals surface area (Å²) in [6.45, 7) is 2.15. The Balaban J connectivity index is 1.53. The van der Waals surface area contributed by atoms with Gasteiger partial charge in [0.1, 0.15) is 5.52 Å². The van der Waals surface area contributed by atoms with Gasteiger partial charge in [-0.05, 0) is 49.1 Å². The first kappa shape index (κ1) is 15.1. The van der Waals surface area contributed by atoms with Crippen molar-refractivity contribution in [2.75, 3.05) is 10.6 Å². The number of hydrogen-bond acceptors (Lipinski definition) is 6. The van der Waals surface area contributed by atoms with E-state index in [0.717, 1.165) is 34.3 Å². The quantitative estimate of drug-likeness (QED) is 0.510. The van der Waals surface area contributed by atoms with Gasteiger partial charge in [-0.25, -0.2) is 4.98 Å². The minimum absolute atomic E-state index is 0.503. The van der Waals surface area contributed by atoms with Crippen LogP contribution in [0, 0.1) is 0 Å². The van der Waals surface area contributed by atoms with Crippen molar-refractivity contribution in [2.45, 2.75) is 32.2 Å². The zero-order chi connectivity index (χ0) is 17.5. The second kappa shape index (κ2) is 5.94. The third kappa shape index (κ3) is 2.71. The molecule has 0 bridgehead atoms. The topological polar surface area (TPSA) is 91.4 Å². The van der Waals surface area contributed by atoms with E-state index in [1.54, 1.807) is 6.33 Å². The zero-order valence-corrected chi connectivity index (χ0v) is 14.5. The third-order valence-electron chi connectivity index (χ3n) is 4.67. The number of anilines is 3. The average molecular weight is 345 g/mol. The fourth-order valence-electron chi connectivity index (χ4n) is 3.13. The molecule has 3 N–H and O–H groups in total. The Hall–Kier alpha value is -3.22. The van der Waals surface area contributed by atoms with Gasteiger partial charge in [-0.1, -0.05) is 6.92 Å². The summed E-state index contributed by atoms with van der Waals surface area (Å²) in [7, 11) is 0. The van der Waals surface area contributed by atoms with Crippen LogP contribution in [0.1, 0.15) is 25.3 Å². The second-order valence-electron chi connectivity index (χ2n) is 6.60. The van der Waals surface area contributed by atoms with Gasteiger partial charge in [0.15, 0.2) is 11.5 Å². The Morgan fingerprint density at radius 3 is 2.92 bits per heavy atom. The van der Waals surface area contributed by atoms with E-state index in [4.69, 9.17) is 0 Å². The van der Waals surface area contributed by atoms with Crippen LogP contribution in [0.5, 0.6) is 0 Å². The number of aromatic amines is 1. The molecular weight excluding hydrogens is 326 g/mol. The Morgan fingerprint density at radius 2 is 2.08 bits per heavy atom. The van der Waals surface area contributed by atoms with Gasteiger partial charge in [-0.3, -0.25) is 4.98 Å². The minimum atomic E-state index is 0.503. The van der Waals surface area contributed by atoms with E-state index in [2.05, 4.69) is 54.6 Å². The third-order valence-corrected chi connectivity index (χ3v) is 4.67. The van der Waals surface area contributed by atoms with Gasteiger partial charge in [0, 0.05) is 23.3 Å². The lowest BCUT2D eigenvalue weighted by Gasteiger charge is -2.10. The number of imidazole rings is 1. The average Bonchev–Trinajstić information content (AvgIpc) is 3.34. The highest BCUT2D eigenvalue weighted by molar-refractivity contribution is 5.87. The van der Waals surface area contributed by atoms with E-state index in [1.807, 2.05) is 18.3 Å². The van der Waals surface area contributed by atoms with E-state index in [0.29, 0.717) is 17.6 Å². The number of benzene rings is 1. The lowest BCUT2D eigenvalue weighted by molar-refractivity contribution is 1.10. The highest BCUT2D eigenvalue weighted by Gasteiger charge is 2.23. The van der Waals surface area contributed by atoms with E-state index < -0.39 is 0 Å². The highest BCUT2D eigenvalue weighted by atomic mass is 15.2. The smallest absolute Gasteiger partial charge is 0.231 e. The van der Waals surface area contributed by atoms with Crippen molar-refractivity contribution < 1.29 is 0 Å². The standard InChI is InChI=1S/C19H19N7/c1-2-11-7-8-20-15-6-5-13(9-14(11)15)24-19-25-17-16(21-10-22-17)18(26-19)23-12-3-4-12/h5-10,12H,2-4H2,1H3,(H3,21,22,23,24,25,26). The van der Waals surface area contributed by atoms with Crippen LogP contribution in [0.25, 0.3) is 22.1 Å². The summed E-state index contributed by atoms with van der Waals surface area (Å²) < 4.78 is 0. The first-order chi connectivity index (χ1) is 12.8. The van der Waals surface area contributed by atoms with E-state index >= 15 is 0 Å². The predicted octanol–water partition coefficient (Wildman–Crippen LogP) is 3.78. The molecule has 0 atom stereocenters. The second-order valence-corrected chi connectivity index (χ2v) is 6.60. The molecule has 3 heterocycles. The first-order valence-corrected chi connectivity index (χ1v) is 8.92. The Labute approximate surface area is 150 Å². The number of rotatable bonds is 5. The summed E-state index contributed by atoms with van der Waals surface area (Å²) in [5.41, 5.74) is 4.71. The maximum Gasteiger partial charge on any atom is 0.231 e. The molecule has 0 radical (unpaired) electrons. The number of H-pyrrole nitrogens is 1. The molecule has 4 aromatic rings. The lowest BCUT2D eigenvalue weighted by atomic mass is 10.1. The molecule has 0 spiro atoms. The van der Waals surface area contributed by atoms with Crippen LogP contribution >= 0.6 is 0 Å². The predicted molar refractivity (Wildman–Crippen MR) is 103 cm³/mol. The summed E-state index contributed by atoms with van der Waals surface area (Å²) in [6.07, 6.45) is 6.84. The van der Waals surface area contributed by atoms with E-state index in [9.17, 15) is 0 Å². The molecule has 130 valence electrons. The number of aryl methyl sites for hydroxylation is 1. The normalized spacial score (nSPS) is 14.0. The largest absolute Gasteiger partial charge is 0.365 e. The maximum absolute atomic E-state index is 4.65. The Kier molecular flexibility index (Phi) is 3.44. The van der Waals surface area contributed by atoms with E-state index in [-0.39, 0.29) is 0 Å². The van der Waals surface area contributed by atoms with Crippen LogP contribution in [0.15, 0.2) is 36.8 Å². The summed E-state index contributed by atoms with van der Waals surface area (Å²) in [4.78, 5) is 21.0. The summed E-state index contributed by atoms with van der Waals surface area (Å²) in [5, 5.41) is 7.92. The van der Waals surface area contributed by atoms with Crippen LogP contribution in [0.4, 0.5) is 17.5 Å². The number of fused-ring (bicyclic) bond motifs is 2. The molecule has 0 unspecified atom stereocenters. The van der Waals surface area contributed by atoms with Gasteiger partial charge in [-0.15, -0.1) is 0 Å². The fourth-order valence-corrected chi connectivity index (χ4v) is 3.13. The molecule has 1 aromatic carbocycles. The van der Waals surface area contributed by atoms with Gasteiger partial charge < -0.3 is 15.6 Å². The molecule has 7 heteroatoms. The van der Waals surface area contributed by atoms with Crippen molar-refractivity contribution in [2.24, 2.45) is 0 Å². The molecule has 5 rings (SSSR count). The van der Waals surface area contributed by atoms with Gasteiger partial charge in [0.2, 0.25) is 5.95 Å². The van der Waals surface area contributed by atoms with Crippen LogP contribution in [0.3, 0.4) is 0 Å². The molecule has 3 aromatic heterocycles. The lowest BCUT2D eigenvalue weighted by Crippen LogP contribution is -2.07. The van der Waals surface area contributed by atoms with Gasteiger partial charge >= 0.3 is 0 Å². The van der Waals surface area contributed by atoms with Crippen LogP contribution < -0.4 is 10.6 Å². The van der Waals surface area contributed by atoms with Crippen LogP contribution in [0.2, 0.25) is 0 Å². The molecule has 0 aliphatic heterocycles. The van der Waals surface area contributed by atoms with Crippen molar-refractivity contribution >= 4 is 39.5 Å². The van der Waals surface area contributed by atoms with Crippen molar-refractivity contribution in [3.8, 4) is 0 Å². The monoisotopic (exact) mass is 345 g/mol. The highest BCUT2D eigenvalue weighted by Crippen LogP contribution is 2.29. The van der Waals surface area contributed by atoms with Crippen molar-refractivity contribution in [1.29, 1.82) is 0 Å². The van der Waals surface area contributed by atoms with Crippen molar-refractivity contribution in [3.63, 3.8) is 0 Å². The fraction of sp³-hybridized carbons (Fsp3) is 0.263. The molecule has 1 saturated carbocycles. The molecule has 1 fully saturated rings. The molecule has 7 nitrogen and oxygen atoms in total. The zero-order valence-electron chi connectivity index (χ0n) is 14.5. The summed E-state index contributed by atoms with van der Waals surface area (Å²) in [6, 6.07) is 8.69. The van der Waals surface area contributed by atoms with Crippen LogP contribution in [-0.4, -0.2) is 31.0 Å². The number of hydrogen-bond donors (Lipinski definition) is 3. The molecule has 1 aliphatic rings. The molecule has 26 heavy (non-hydrogen) atoms. The van der Waals surface area contributed by atoms with Gasteiger partial charge in [0.05, 0.1) is 11.8 Å². The van der Waals surface area contributed by atoms with Crippen molar-refractivity contribution in [3.05, 3.63) is 42.4 Å². The Morgan fingerprint density at radius 1 is 1.15 bits per heavy atom. The SMILES string of the molecule is CCc1ccnc2ccc(Nc3nc(NC4CC4)c4[nH]cnc4n3)cc12. The number of pyridine rings is 1. The Bertz CT molecular complexity index is 1100. The number of nitrogens with zero attached hydrogens (tertiary/aromatic N) is 4.